The molecule has 2 rings (SSSR count). The van der Waals surface area contributed by atoms with E-state index >= 15 is 0 Å². The van der Waals surface area contributed by atoms with E-state index in [1.165, 1.54) is 19.2 Å². The zero-order valence-corrected chi connectivity index (χ0v) is 11.8. The Morgan fingerprint density at radius 3 is 2.52 bits per heavy atom. The molecule has 2 aromatic carbocycles. The fourth-order valence-corrected chi connectivity index (χ4v) is 1.92. The SMILES string of the molecule is COc1ccc(Oc2ccccc2C(C)N)c([N+](=O)[O-])c1. The van der Waals surface area contributed by atoms with Crippen molar-refractivity contribution >= 4 is 5.69 Å². The number of hydrogen-bond donors (Lipinski definition) is 1. The zero-order valence-electron chi connectivity index (χ0n) is 11.8. The topological polar surface area (TPSA) is 87.6 Å². The molecule has 21 heavy (non-hydrogen) atoms. The highest BCUT2D eigenvalue weighted by molar-refractivity contribution is 5.53. The van der Waals surface area contributed by atoms with Gasteiger partial charge in [-0.05, 0) is 25.1 Å². The Labute approximate surface area is 122 Å². The third kappa shape index (κ3) is 3.29. The Kier molecular flexibility index (Phi) is 4.39. The summed E-state index contributed by atoms with van der Waals surface area (Å²) in [6.45, 7) is 1.82. The largest absolute Gasteiger partial charge is 0.496 e. The van der Waals surface area contributed by atoms with Gasteiger partial charge in [0.05, 0.1) is 18.1 Å². The minimum atomic E-state index is -0.508. The van der Waals surface area contributed by atoms with Gasteiger partial charge < -0.3 is 15.2 Å². The fourth-order valence-electron chi connectivity index (χ4n) is 1.92. The van der Waals surface area contributed by atoms with Crippen LogP contribution in [0.25, 0.3) is 0 Å². The van der Waals surface area contributed by atoms with Gasteiger partial charge in [-0.3, -0.25) is 10.1 Å². The average Bonchev–Trinajstić information content (AvgIpc) is 2.47. The second-order valence-corrected chi connectivity index (χ2v) is 4.52. The van der Waals surface area contributed by atoms with Gasteiger partial charge >= 0.3 is 5.69 Å². The first-order chi connectivity index (χ1) is 10.0. The predicted molar refractivity (Wildman–Crippen MR) is 78.8 cm³/mol. The van der Waals surface area contributed by atoms with Crippen molar-refractivity contribution in [3.05, 3.63) is 58.1 Å². The third-order valence-corrected chi connectivity index (χ3v) is 2.99. The lowest BCUT2D eigenvalue weighted by molar-refractivity contribution is -0.385. The predicted octanol–water partition coefficient (Wildman–Crippen LogP) is 3.42. The summed E-state index contributed by atoms with van der Waals surface area (Å²) in [7, 11) is 1.45. The van der Waals surface area contributed by atoms with Crippen LogP contribution in [0.5, 0.6) is 17.2 Å². The van der Waals surface area contributed by atoms with Crippen LogP contribution in [0.3, 0.4) is 0 Å². The van der Waals surface area contributed by atoms with Crippen molar-refractivity contribution in [3.63, 3.8) is 0 Å². The highest BCUT2D eigenvalue weighted by Gasteiger charge is 2.18. The van der Waals surface area contributed by atoms with Crippen LogP contribution in [-0.2, 0) is 0 Å². The summed E-state index contributed by atoms with van der Waals surface area (Å²) in [6.07, 6.45) is 0. The molecule has 0 spiro atoms. The standard InChI is InChI=1S/C15H16N2O4/c1-10(16)12-5-3-4-6-14(12)21-15-8-7-11(20-2)9-13(15)17(18)19/h3-10H,16H2,1-2H3. The Morgan fingerprint density at radius 1 is 1.19 bits per heavy atom. The van der Waals surface area contributed by atoms with Gasteiger partial charge in [-0.1, -0.05) is 18.2 Å². The van der Waals surface area contributed by atoms with E-state index in [-0.39, 0.29) is 17.5 Å². The number of para-hydroxylation sites is 1. The van der Waals surface area contributed by atoms with Gasteiger partial charge in [0.15, 0.2) is 0 Å². The molecule has 0 radical (unpaired) electrons. The van der Waals surface area contributed by atoms with E-state index in [0.29, 0.717) is 11.5 Å². The molecular formula is C15H16N2O4. The molecule has 0 saturated heterocycles. The molecular weight excluding hydrogens is 272 g/mol. The number of rotatable bonds is 5. The molecule has 1 atom stereocenters. The van der Waals surface area contributed by atoms with Gasteiger partial charge in [-0.25, -0.2) is 0 Å². The summed E-state index contributed by atoms with van der Waals surface area (Å²) in [5.74, 6) is 1.05. The number of hydrogen-bond acceptors (Lipinski definition) is 5. The van der Waals surface area contributed by atoms with Crippen LogP contribution in [0.15, 0.2) is 42.5 Å². The molecule has 2 aromatic rings. The van der Waals surface area contributed by atoms with Crippen LogP contribution in [-0.4, -0.2) is 12.0 Å². The number of nitrogens with two attached hydrogens (primary N) is 1. The van der Waals surface area contributed by atoms with Crippen LogP contribution < -0.4 is 15.2 Å². The summed E-state index contributed by atoms with van der Waals surface area (Å²) in [6, 6.07) is 11.4. The smallest absolute Gasteiger partial charge is 0.315 e. The number of nitro groups is 1. The molecule has 6 nitrogen and oxygen atoms in total. The fraction of sp³-hybridized carbons (Fsp3) is 0.200. The van der Waals surface area contributed by atoms with Gasteiger partial charge in [0, 0.05) is 11.6 Å². The molecule has 1 unspecified atom stereocenters. The molecule has 0 aliphatic heterocycles. The Morgan fingerprint density at radius 2 is 1.90 bits per heavy atom. The summed E-state index contributed by atoms with van der Waals surface area (Å²) >= 11 is 0. The van der Waals surface area contributed by atoms with Gasteiger partial charge in [-0.2, -0.15) is 0 Å². The van der Waals surface area contributed by atoms with Gasteiger partial charge in [-0.15, -0.1) is 0 Å². The summed E-state index contributed by atoms with van der Waals surface area (Å²) < 4.78 is 10.7. The molecule has 2 N–H and O–H groups in total. The molecule has 0 heterocycles. The molecule has 0 aromatic heterocycles. The number of benzene rings is 2. The van der Waals surface area contributed by atoms with E-state index in [0.717, 1.165) is 5.56 Å². The average molecular weight is 288 g/mol. The van der Waals surface area contributed by atoms with Crippen molar-refractivity contribution in [3.8, 4) is 17.2 Å². The van der Waals surface area contributed by atoms with Crippen molar-refractivity contribution in [2.24, 2.45) is 5.73 Å². The van der Waals surface area contributed by atoms with E-state index in [4.69, 9.17) is 15.2 Å². The Balaban J connectivity index is 2.42. The van der Waals surface area contributed by atoms with Gasteiger partial charge in [0.25, 0.3) is 0 Å². The minimum absolute atomic E-state index is 0.147. The second-order valence-electron chi connectivity index (χ2n) is 4.52. The number of ether oxygens (including phenoxy) is 2. The van der Waals surface area contributed by atoms with E-state index in [9.17, 15) is 10.1 Å². The van der Waals surface area contributed by atoms with Crippen molar-refractivity contribution in [1.82, 2.24) is 0 Å². The van der Waals surface area contributed by atoms with E-state index in [1.54, 1.807) is 18.2 Å². The number of nitro benzene ring substituents is 1. The molecule has 6 heteroatoms. The Bertz CT molecular complexity index is 656. The monoisotopic (exact) mass is 288 g/mol. The summed E-state index contributed by atoms with van der Waals surface area (Å²) in [5, 5.41) is 11.1. The molecule has 0 saturated carbocycles. The molecule has 0 bridgehead atoms. The maximum atomic E-state index is 11.1. The minimum Gasteiger partial charge on any atom is -0.496 e. The zero-order chi connectivity index (χ0) is 15.4. The molecule has 110 valence electrons. The van der Waals surface area contributed by atoms with Crippen LogP contribution in [0.4, 0.5) is 5.69 Å². The lowest BCUT2D eigenvalue weighted by Crippen LogP contribution is -2.06. The van der Waals surface area contributed by atoms with Gasteiger partial charge in [0.1, 0.15) is 11.5 Å². The van der Waals surface area contributed by atoms with Crippen LogP contribution in [0.1, 0.15) is 18.5 Å². The lowest BCUT2D eigenvalue weighted by Gasteiger charge is -2.13. The normalized spacial score (nSPS) is 11.8. The quantitative estimate of drug-likeness (QED) is 0.672. The van der Waals surface area contributed by atoms with Crippen LogP contribution in [0, 0.1) is 10.1 Å². The number of methoxy groups -OCH3 is 1. The van der Waals surface area contributed by atoms with Crippen molar-refractivity contribution in [2.45, 2.75) is 13.0 Å². The Hall–Kier alpha value is -2.60. The van der Waals surface area contributed by atoms with Gasteiger partial charge in [0.2, 0.25) is 5.75 Å². The molecule has 0 fully saturated rings. The van der Waals surface area contributed by atoms with Crippen molar-refractivity contribution < 1.29 is 14.4 Å². The molecule has 0 aliphatic rings. The first kappa shape index (κ1) is 14.8. The highest BCUT2D eigenvalue weighted by atomic mass is 16.6. The first-order valence-electron chi connectivity index (χ1n) is 6.37. The molecule has 0 aliphatic carbocycles. The van der Waals surface area contributed by atoms with Crippen LogP contribution >= 0.6 is 0 Å². The summed E-state index contributed by atoms with van der Waals surface area (Å²) in [4.78, 5) is 10.6. The maximum absolute atomic E-state index is 11.1. The van der Waals surface area contributed by atoms with E-state index in [1.807, 2.05) is 19.1 Å². The second kappa shape index (κ2) is 6.23. The van der Waals surface area contributed by atoms with Crippen molar-refractivity contribution in [2.75, 3.05) is 7.11 Å². The third-order valence-electron chi connectivity index (χ3n) is 2.99. The van der Waals surface area contributed by atoms with E-state index < -0.39 is 4.92 Å². The molecule has 0 amide bonds. The first-order valence-corrected chi connectivity index (χ1v) is 6.37. The van der Waals surface area contributed by atoms with E-state index in [2.05, 4.69) is 0 Å². The maximum Gasteiger partial charge on any atom is 0.315 e. The number of nitrogens with zero attached hydrogens (tertiary/aromatic N) is 1. The highest BCUT2D eigenvalue weighted by Crippen LogP contribution is 2.36. The lowest BCUT2D eigenvalue weighted by atomic mass is 10.1. The summed E-state index contributed by atoms with van der Waals surface area (Å²) in [5.41, 5.74) is 6.50. The van der Waals surface area contributed by atoms with Crippen molar-refractivity contribution in [1.29, 1.82) is 0 Å². The van der Waals surface area contributed by atoms with Crippen LogP contribution in [0.2, 0.25) is 0 Å².